The van der Waals surface area contributed by atoms with Crippen LogP contribution in [0.5, 0.6) is 0 Å². The Hall–Kier alpha value is -3.33. The molecule has 0 bridgehead atoms. The molecule has 3 aromatic carbocycles. The summed E-state index contributed by atoms with van der Waals surface area (Å²) < 4.78 is 28.1. The van der Waals surface area contributed by atoms with Gasteiger partial charge in [-0.2, -0.15) is 0 Å². The number of nitrogens with one attached hydrogen (secondary N) is 2. The summed E-state index contributed by atoms with van der Waals surface area (Å²) in [6.45, 7) is 5.75. The highest BCUT2D eigenvalue weighted by Crippen LogP contribution is 2.26. The van der Waals surface area contributed by atoms with Gasteiger partial charge in [-0.25, -0.2) is 18.1 Å². The molecule has 0 saturated heterocycles. The number of rotatable bonds is 8. The van der Waals surface area contributed by atoms with E-state index >= 15 is 0 Å². The molecule has 0 aliphatic rings. The Morgan fingerprint density at radius 3 is 2.41 bits per heavy atom. The molecule has 0 spiro atoms. The number of hydrogen-bond acceptors (Lipinski definition) is 6. The molecule has 1 aromatic heterocycles. The molecule has 0 aliphatic carbocycles. The van der Waals surface area contributed by atoms with Gasteiger partial charge in [0.15, 0.2) is 5.13 Å². The van der Waals surface area contributed by atoms with Crippen LogP contribution in [-0.2, 0) is 16.6 Å². The van der Waals surface area contributed by atoms with E-state index in [2.05, 4.69) is 15.0 Å². The lowest BCUT2D eigenvalue weighted by atomic mass is 10.0. The van der Waals surface area contributed by atoms with Crippen molar-refractivity contribution in [1.82, 2.24) is 9.71 Å². The van der Waals surface area contributed by atoms with Gasteiger partial charge >= 0.3 is 0 Å². The Kier molecular flexibility index (Phi) is 6.92. The standard InChI is InChI=1S/C26H25N3O3S2/c1-17-8-9-19(3)24(14-17)34(31,32)28-15-20-10-12-21(13-11-20)29-26-27-16-23(33-26)25(30)22-7-5-4-6-18(22)2/h4-14,16,28H,15H2,1-3H3,(H,27,29). The van der Waals surface area contributed by atoms with Gasteiger partial charge in [0.2, 0.25) is 15.8 Å². The van der Waals surface area contributed by atoms with Crippen molar-refractivity contribution in [1.29, 1.82) is 0 Å². The smallest absolute Gasteiger partial charge is 0.241 e. The number of aromatic nitrogens is 1. The molecular formula is C26H25N3O3S2. The van der Waals surface area contributed by atoms with Crippen LogP contribution in [0.3, 0.4) is 0 Å². The summed E-state index contributed by atoms with van der Waals surface area (Å²) in [4.78, 5) is 17.9. The van der Waals surface area contributed by atoms with E-state index in [0.717, 1.165) is 22.4 Å². The highest BCUT2D eigenvalue weighted by atomic mass is 32.2. The van der Waals surface area contributed by atoms with Gasteiger partial charge in [0.25, 0.3) is 0 Å². The van der Waals surface area contributed by atoms with Crippen LogP contribution in [0.4, 0.5) is 10.8 Å². The predicted molar refractivity (Wildman–Crippen MR) is 136 cm³/mol. The first kappa shape index (κ1) is 23.8. The van der Waals surface area contributed by atoms with Crippen molar-refractivity contribution in [3.8, 4) is 0 Å². The number of nitrogens with zero attached hydrogens (tertiary/aromatic N) is 1. The number of hydrogen-bond donors (Lipinski definition) is 2. The molecule has 174 valence electrons. The van der Waals surface area contributed by atoms with Gasteiger partial charge in [0, 0.05) is 17.8 Å². The van der Waals surface area contributed by atoms with Crippen LogP contribution in [0.15, 0.2) is 77.8 Å². The Labute approximate surface area is 203 Å². The lowest BCUT2D eigenvalue weighted by Crippen LogP contribution is -2.24. The maximum atomic E-state index is 12.8. The number of sulfonamides is 1. The summed E-state index contributed by atoms with van der Waals surface area (Å²) in [6.07, 6.45) is 1.58. The first-order chi connectivity index (χ1) is 16.2. The number of anilines is 2. The molecule has 34 heavy (non-hydrogen) atoms. The third-order valence-electron chi connectivity index (χ3n) is 5.42. The zero-order valence-corrected chi connectivity index (χ0v) is 20.8. The summed E-state index contributed by atoms with van der Waals surface area (Å²) in [7, 11) is -3.61. The number of carbonyl (C=O) groups excluding carboxylic acids is 1. The molecule has 0 amide bonds. The fraction of sp³-hybridized carbons (Fsp3) is 0.154. The van der Waals surface area contributed by atoms with Gasteiger partial charge in [-0.05, 0) is 61.2 Å². The number of benzene rings is 3. The summed E-state index contributed by atoms with van der Waals surface area (Å²) >= 11 is 1.29. The quantitative estimate of drug-likeness (QED) is 0.317. The lowest BCUT2D eigenvalue weighted by molar-refractivity contribution is 0.104. The van der Waals surface area contributed by atoms with Gasteiger partial charge in [0.05, 0.1) is 16.0 Å². The predicted octanol–water partition coefficient (Wildman–Crippen LogP) is 5.52. The van der Waals surface area contributed by atoms with Crippen LogP contribution in [0.25, 0.3) is 0 Å². The van der Waals surface area contributed by atoms with Crippen molar-refractivity contribution in [3.05, 3.63) is 106 Å². The van der Waals surface area contributed by atoms with E-state index in [1.165, 1.54) is 11.3 Å². The van der Waals surface area contributed by atoms with Crippen molar-refractivity contribution in [2.45, 2.75) is 32.2 Å². The van der Waals surface area contributed by atoms with Crippen molar-refractivity contribution < 1.29 is 13.2 Å². The molecule has 8 heteroatoms. The van der Waals surface area contributed by atoms with Gasteiger partial charge in [-0.1, -0.05) is 59.9 Å². The van der Waals surface area contributed by atoms with Crippen molar-refractivity contribution >= 4 is 38.0 Å². The molecule has 0 unspecified atom stereocenters. The Balaban J connectivity index is 1.40. The molecule has 2 N–H and O–H groups in total. The molecule has 0 atom stereocenters. The second kappa shape index (κ2) is 9.89. The van der Waals surface area contributed by atoms with Crippen LogP contribution < -0.4 is 10.0 Å². The summed E-state index contributed by atoms with van der Waals surface area (Å²) in [6, 6.07) is 20.3. The second-order valence-electron chi connectivity index (χ2n) is 8.09. The maximum absolute atomic E-state index is 12.8. The lowest BCUT2D eigenvalue weighted by Gasteiger charge is -2.11. The zero-order chi connectivity index (χ0) is 24.3. The maximum Gasteiger partial charge on any atom is 0.241 e. The van der Waals surface area contributed by atoms with Crippen LogP contribution in [0.2, 0.25) is 0 Å². The average Bonchev–Trinajstić information content (AvgIpc) is 3.28. The summed E-state index contributed by atoms with van der Waals surface area (Å²) in [5, 5.41) is 3.81. The minimum atomic E-state index is -3.61. The van der Waals surface area contributed by atoms with Crippen molar-refractivity contribution in [2.24, 2.45) is 0 Å². The Bertz CT molecular complexity index is 1440. The van der Waals surface area contributed by atoms with Gasteiger partial charge in [-0.3, -0.25) is 4.79 Å². The Morgan fingerprint density at radius 2 is 1.68 bits per heavy atom. The molecule has 6 nitrogen and oxygen atoms in total. The van der Waals surface area contributed by atoms with Gasteiger partial charge < -0.3 is 5.32 Å². The van der Waals surface area contributed by atoms with E-state index in [4.69, 9.17) is 0 Å². The monoisotopic (exact) mass is 491 g/mol. The van der Waals surface area contributed by atoms with Crippen LogP contribution in [0.1, 0.15) is 37.5 Å². The molecule has 1 heterocycles. The van der Waals surface area contributed by atoms with E-state index in [9.17, 15) is 13.2 Å². The molecule has 4 rings (SSSR count). The van der Waals surface area contributed by atoms with Crippen molar-refractivity contribution in [3.63, 3.8) is 0 Å². The molecule has 0 fully saturated rings. The first-order valence-corrected chi connectivity index (χ1v) is 13.0. The second-order valence-corrected chi connectivity index (χ2v) is 10.9. The number of carbonyl (C=O) groups is 1. The molecule has 0 saturated carbocycles. The molecule has 0 radical (unpaired) electrons. The average molecular weight is 492 g/mol. The number of ketones is 1. The topological polar surface area (TPSA) is 88.2 Å². The fourth-order valence-corrected chi connectivity index (χ4v) is 5.62. The largest absolute Gasteiger partial charge is 0.332 e. The minimum Gasteiger partial charge on any atom is -0.332 e. The van der Waals surface area contributed by atoms with E-state index in [0.29, 0.717) is 26.0 Å². The minimum absolute atomic E-state index is 0.0462. The number of thiazole rings is 1. The van der Waals surface area contributed by atoms with Crippen LogP contribution in [-0.4, -0.2) is 19.2 Å². The summed E-state index contributed by atoms with van der Waals surface area (Å²) in [5.41, 5.74) is 4.83. The molecular weight excluding hydrogens is 466 g/mol. The van der Waals surface area contributed by atoms with Crippen LogP contribution >= 0.6 is 11.3 Å². The van der Waals surface area contributed by atoms with Gasteiger partial charge in [-0.15, -0.1) is 0 Å². The molecule has 4 aromatic rings. The third-order valence-corrected chi connectivity index (χ3v) is 7.88. The van der Waals surface area contributed by atoms with Crippen LogP contribution in [0, 0.1) is 20.8 Å². The third kappa shape index (κ3) is 5.41. The van der Waals surface area contributed by atoms with E-state index < -0.39 is 10.0 Å². The van der Waals surface area contributed by atoms with Crippen molar-refractivity contribution in [2.75, 3.05) is 5.32 Å². The normalized spacial score (nSPS) is 11.4. The fourth-order valence-electron chi connectivity index (χ4n) is 3.48. The van der Waals surface area contributed by atoms with Gasteiger partial charge in [0.1, 0.15) is 0 Å². The Morgan fingerprint density at radius 1 is 0.941 bits per heavy atom. The number of aryl methyl sites for hydroxylation is 3. The zero-order valence-electron chi connectivity index (χ0n) is 19.1. The van der Waals surface area contributed by atoms with E-state index in [1.54, 1.807) is 19.2 Å². The molecule has 0 aliphatic heterocycles. The highest BCUT2D eigenvalue weighted by molar-refractivity contribution is 7.89. The van der Waals surface area contributed by atoms with E-state index in [-0.39, 0.29) is 12.3 Å². The SMILES string of the molecule is Cc1ccc(C)c(S(=O)(=O)NCc2ccc(Nc3ncc(C(=O)c4ccccc4C)s3)cc2)c1. The summed E-state index contributed by atoms with van der Waals surface area (Å²) in [5.74, 6) is -0.0462. The first-order valence-electron chi connectivity index (χ1n) is 10.7. The highest BCUT2D eigenvalue weighted by Gasteiger charge is 2.17. The van der Waals surface area contributed by atoms with E-state index in [1.807, 2.05) is 74.5 Å².